The third-order valence-electron chi connectivity index (χ3n) is 3.45. The van der Waals surface area contributed by atoms with Crippen molar-refractivity contribution in [3.63, 3.8) is 0 Å². The van der Waals surface area contributed by atoms with Crippen molar-refractivity contribution in [1.29, 1.82) is 5.26 Å². The number of hydrogen-bond acceptors (Lipinski definition) is 5. The van der Waals surface area contributed by atoms with E-state index in [-0.39, 0.29) is 34.1 Å². The molecule has 2 N–H and O–H groups in total. The van der Waals surface area contributed by atoms with Gasteiger partial charge in [0.25, 0.3) is 10.0 Å². The van der Waals surface area contributed by atoms with Crippen LogP contribution in [0.5, 0.6) is 5.75 Å². The zero-order valence-electron chi connectivity index (χ0n) is 12.7. The first-order valence-electron chi connectivity index (χ1n) is 7.18. The number of carbonyl (C=O) groups excluding carboxylic acids is 1. The second kappa shape index (κ2) is 6.74. The zero-order valence-corrected chi connectivity index (χ0v) is 15.1. The van der Waals surface area contributed by atoms with E-state index in [0.29, 0.717) is 16.9 Å². The Hall–Kier alpha value is -2.57. The van der Waals surface area contributed by atoms with Crippen LogP contribution in [0.4, 0.5) is 11.4 Å². The Morgan fingerprint density at radius 2 is 1.96 bits per heavy atom. The Labute approximate surface area is 152 Å². The molecule has 7 nitrogen and oxygen atoms in total. The van der Waals surface area contributed by atoms with Gasteiger partial charge in [0.2, 0.25) is 5.91 Å². The fraction of sp³-hybridized carbons (Fsp3) is 0.125. The van der Waals surface area contributed by atoms with Crippen molar-refractivity contribution in [3.8, 4) is 11.8 Å². The molecule has 0 unspecified atom stereocenters. The number of nitrogens with one attached hydrogen (secondary N) is 2. The number of anilines is 2. The average molecular weight is 422 g/mol. The molecule has 128 valence electrons. The van der Waals surface area contributed by atoms with Crippen LogP contribution in [0.3, 0.4) is 0 Å². The van der Waals surface area contributed by atoms with E-state index < -0.39 is 10.0 Å². The largest absolute Gasteiger partial charge is 0.491 e. The molecule has 2 aromatic carbocycles. The van der Waals surface area contributed by atoms with Crippen molar-refractivity contribution in [2.24, 2.45) is 0 Å². The number of nitriles is 1. The number of amides is 1. The Balaban J connectivity index is 1.95. The fourth-order valence-electron chi connectivity index (χ4n) is 2.25. The molecule has 1 amide bonds. The summed E-state index contributed by atoms with van der Waals surface area (Å²) in [4.78, 5) is 11.6. The van der Waals surface area contributed by atoms with Gasteiger partial charge in [0.1, 0.15) is 10.6 Å². The lowest BCUT2D eigenvalue weighted by atomic mass is 10.2. The standard InChI is InChI=1S/C16H12BrN3O4S/c17-12-7-13-14(24-6-5-16(21)19-13)8-15(12)25(22,23)20-11-3-1-10(9-18)2-4-11/h1-4,7-8,20H,5-6H2,(H,19,21). The molecule has 0 atom stereocenters. The maximum absolute atomic E-state index is 12.7. The third-order valence-corrected chi connectivity index (χ3v) is 5.79. The Bertz CT molecular complexity index is 982. The average Bonchev–Trinajstić information content (AvgIpc) is 2.74. The lowest BCUT2D eigenvalue weighted by molar-refractivity contribution is -0.116. The van der Waals surface area contributed by atoms with Gasteiger partial charge >= 0.3 is 0 Å². The van der Waals surface area contributed by atoms with Crippen LogP contribution >= 0.6 is 15.9 Å². The van der Waals surface area contributed by atoms with Crippen LogP contribution in [0.25, 0.3) is 0 Å². The summed E-state index contributed by atoms with van der Waals surface area (Å²) in [6.07, 6.45) is 0.192. The van der Waals surface area contributed by atoms with Gasteiger partial charge in [-0.15, -0.1) is 0 Å². The predicted octanol–water partition coefficient (Wildman–Crippen LogP) is 2.84. The van der Waals surface area contributed by atoms with Crippen LogP contribution in [0.15, 0.2) is 45.8 Å². The first-order valence-corrected chi connectivity index (χ1v) is 9.46. The minimum Gasteiger partial charge on any atom is -0.491 e. The molecule has 0 aliphatic carbocycles. The van der Waals surface area contributed by atoms with E-state index in [1.54, 1.807) is 0 Å². The van der Waals surface area contributed by atoms with Crippen molar-refractivity contribution >= 4 is 43.2 Å². The van der Waals surface area contributed by atoms with Crippen LogP contribution in [0.1, 0.15) is 12.0 Å². The predicted molar refractivity (Wildman–Crippen MR) is 94.8 cm³/mol. The molecular weight excluding hydrogens is 410 g/mol. The highest BCUT2D eigenvalue weighted by atomic mass is 79.9. The normalized spacial score (nSPS) is 13.7. The van der Waals surface area contributed by atoms with Crippen molar-refractivity contribution in [2.75, 3.05) is 16.6 Å². The Morgan fingerprint density at radius 3 is 2.64 bits per heavy atom. The maximum Gasteiger partial charge on any atom is 0.263 e. The molecule has 0 aromatic heterocycles. The van der Waals surface area contributed by atoms with Gasteiger partial charge in [-0.3, -0.25) is 9.52 Å². The molecular formula is C16H12BrN3O4S. The highest BCUT2D eigenvalue weighted by Crippen LogP contribution is 2.36. The van der Waals surface area contributed by atoms with Gasteiger partial charge in [0.15, 0.2) is 0 Å². The minimum absolute atomic E-state index is 0.0215. The van der Waals surface area contributed by atoms with E-state index >= 15 is 0 Å². The van der Waals surface area contributed by atoms with Crippen LogP contribution in [0, 0.1) is 11.3 Å². The van der Waals surface area contributed by atoms with Crippen molar-refractivity contribution in [3.05, 3.63) is 46.4 Å². The topological polar surface area (TPSA) is 108 Å². The van der Waals surface area contributed by atoms with Gasteiger partial charge in [0, 0.05) is 16.2 Å². The van der Waals surface area contributed by atoms with Crippen molar-refractivity contribution < 1.29 is 17.9 Å². The molecule has 2 aromatic rings. The summed E-state index contributed by atoms with van der Waals surface area (Å²) in [6.45, 7) is 0.170. The lowest BCUT2D eigenvalue weighted by Crippen LogP contribution is -2.14. The third kappa shape index (κ3) is 3.75. The summed E-state index contributed by atoms with van der Waals surface area (Å²) in [6, 6.07) is 10.9. The fourth-order valence-corrected chi connectivity index (χ4v) is 4.36. The number of rotatable bonds is 3. The summed E-state index contributed by atoms with van der Waals surface area (Å²) in [7, 11) is -3.89. The molecule has 25 heavy (non-hydrogen) atoms. The number of ether oxygens (including phenoxy) is 1. The maximum atomic E-state index is 12.7. The van der Waals surface area contributed by atoms with Gasteiger partial charge in [-0.1, -0.05) is 0 Å². The molecule has 0 fully saturated rings. The SMILES string of the molecule is N#Cc1ccc(NS(=O)(=O)c2cc3c(cc2Br)NC(=O)CCO3)cc1. The number of fused-ring (bicyclic) bond motifs is 1. The highest BCUT2D eigenvalue weighted by molar-refractivity contribution is 9.10. The number of halogens is 1. The van der Waals surface area contributed by atoms with E-state index in [4.69, 9.17) is 10.00 Å². The van der Waals surface area contributed by atoms with E-state index in [1.807, 2.05) is 6.07 Å². The van der Waals surface area contributed by atoms with Gasteiger partial charge in [-0.2, -0.15) is 5.26 Å². The van der Waals surface area contributed by atoms with Gasteiger partial charge in [-0.25, -0.2) is 8.42 Å². The number of carbonyl (C=O) groups is 1. The first kappa shape index (κ1) is 17.3. The van der Waals surface area contributed by atoms with Gasteiger partial charge < -0.3 is 10.1 Å². The van der Waals surface area contributed by atoms with E-state index in [9.17, 15) is 13.2 Å². The van der Waals surface area contributed by atoms with Crippen molar-refractivity contribution in [1.82, 2.24) is 0 Å². The molecule has 1 heterocycles. The quantitative estimate of drug-likeness (QED) is 0.791. The summed E-state index contributed by atoms with van der Waals surface area (Å²) in [5.74, 6) is 0.0891. The van der Waals surface area contributed by atoms with Crippen LogP contribution < -0.4 is 14.8 Å². The number of benzene rings is 2. The van der Waals surface area contributed by atoms with Gasteiger partial charge in [-0.05, 0) is 46.3 Å². The molecule has 0 saturated heterocycles. The molecule has 0 spiro atoms. The molecule has 0 radical (unpaired) electrons. The van der Waals surface area contributed by atoms with Crippen LogP contribution in [-0.2, 0) is 14.8 Å². The second-order valence-electron chi connectivity index (χ2n) is 5.22. The Morgan fingerprint density at radius 1 is 1.24 bits per heavy atom. The number of hydrogen-bond donors (Lipinski definition) is 2. The number of sulfonamides is 1. The summed E-state index contributed by atoms with van der Waals surface area (Å²) in [5, 5.41) is 11.5. The first-order chi connectivity index (χ1) is 11.9. The van der Waals surface area contributed by atoms with E-state index in [1.165, 1.54) is 36.4 Å². The summed E-state index contributed by atoms with van der Waals surface area (Å²) >= 11 is 3.22. The molecule has 0 saturated carbocycles. The monoisotopic (exact) mass is 421 g/mol. The van der Waals surface area contributed by atoms with Crippen LogP contribution in [0.2, 0.25) is 0 Å². The molecule has 3 rings (SSSR count). The zero-order chi connectivity index (χ0) is 18.0. The van der Waals surface area contributed by atoms with Gasteiger partial charge in [0.05, 0.1) is 30.3 Å². The lowest BCUT2D eigenvalue weighted by Gasteiger charge is -2.13. The highest BCUT2D eigenvalue weighted by Gasteiger charge is 2.23. The molecule has 9 heteroatoms. The van der Waals surface area contributed by atoms with E-state index in [2.05, 4.69) is 26.0 Å². The second-order valence-corrected chi connectivity index (χ2v) is 7.73. The smallest absolute Gasteiger partial charge is 0.263 e. The van der Waals surface area contributed by atoms with Crippen molar-refractivity contribution in [2.45, 2.75) is 11.3 Å². The number of nitrogens with zero attached hydrogens (tertiary/aromatic N) is 1. The summed E-state index contributed by atoms with van der Waals surface area (Å²) < 4.78 is 33.5. The molecule has 0 bridgehead atoms. The molecule has 1 aliphatic heterocycles. The molecule has 1 aliphatic rings. The Kier molecular flexibility index (Phi) is 4.65. The minimum atomic E-state index is -3.89. The van der Waals surface area contributed by atoms with Crippen LogP contribution in [-0.4, -0.2) is 20.9 Å². The van der Waals surface area contributed by atoms with E-state index in [0.717, 1.165) is 0 Å². The summed E-state index contributed by atoms with van der Waals surface area (Å²) in [5.41, 5.74) is 1.17.